The van der Waals surface area contributed by atoms with Crippen molar-refractivity contribution in [2.75, 3.05) is 40.3 Å². The third kappa shape index (κ3) is 3.93. The van der Waals surface area contributed by atoms with E-state index in [2.05, 4.69) is 11.9 Å². The van der Waals surface area contributed by atoms with Gasteiger partial charge in [-0.2, -0.15) is 0 Å². The van der Waals surface area contributed by atoms with Gasteiger partial charge in [-0.05, 0) is 31.3 Å². The Bertz CT molecular complexity index is 436. The second-order valence-electron chi connectivity index (χ2n) is 4.95. The molecule has 19 heavy (non-hydrogen) atoms. The maximum atomic E-state index is 12.2. The van der Waals surface area contributed by atoms with Crippen LogP contribution in [0.3, 0.4) is 0 Å². The number of halogens is 1. The molecule has 1 aromatic rings. The molecule has 0 saturated carbocycles. The molecule has 2 rings (SSSR count). The zero-order valence-electron chi connectivity index (χ0n) is 11.3. The Morgan fingerprint density at radius 1 is 1.47 bits per heavy atom. The summed E-state index contributed by atoms with van der Waals surface area (Å²) in [7, 11) is 3.87. The number of likely N-dealkylation sites (N-methyl/N-ethyl adjacent to an activating group) is 2. The molecule has 1 amide bonds. The Labute approximate surface area is 118 Å². The highest BCUT2D eigenvalue weighted by Crippen LogP contribution is 2.12. The van der Waals surface area contributed by atoms with Crippen LogP contribution < -0.4 is 0 Å². The van der Waals surface area contributed by atoms with Gasteiger partial charge in [0.15, 0.2) is 0 Å². The summed E-state index contributed by atoms with van der Waals surface area (Å²) in [6.07, 6.45) is 0.0833. The van der Waals surface area contributed by atoms with Gasteiger partial charge in [-0.15, -0.1) is 0 Å². The molecular weight excluding hydrogens is 264 g/mol. The summed E-state index contributed by atoms with van der Waals surface area (Å²) in [6.45, 7) is 3.14. The standard InChI is InChI=1S/C14H19ClN2O2/c1-16-7-8-19-13(9-16)10-17(2)14(18)11-3-5-12(15)6-4-11/h3-6,13H,7-10H2,1-2H3. The van der Waals surface area contributed by atoms with E-state index >= 15 is 0 Å². The molecule has 1 unspecified atom stereocenters. The van der Waals surface area contributed by atoms with E-state index in [4.69, 9.17) is 16.3 Å². The van der Waals surface area contributed by atoms with Crippen LogP contribution in [0.25, 0.3) is 0 Å². The number of amides is 1. The second kappa shape index (κ2) is 6.37. The van der Waals surface area contributed by atoms with Crippen LogP contribution in [0.15, 0.2) is 24.3 Å². The Morgan fingerprint density at radius 2 is 2.16 bits per heavy atom. The summed E-state index contributed by atoms with van der Waals surface area (Å²) >= 11 is 5.82. The lowest BCUT2D eigenvalue weighted by molar-refractivity contribution is -0.0301. The van der Waals surface area contributed by atoms with Crippen LogP contribution in [-0.4, -0.2) is 62.1 Å². The Kier molecular flexibility index (Phi) is 4.80. The molecule has 1 heterocycles. The molecule has 1 aromatic carbocycles. The molecule has 1 aliphatic rings. The van der Waals surface area contributed by atoms with E-state index in [-0.39, 0.29) is 12.0 Å². The van der Waals surface area contributed by atoms with Crippen LogP contribution in [0.5, 0.6) is 0 Å². The van der Waals surface area contributed by atoms with Crippen molar-refractivity contribution in [1.82, 2.24) is 9.80 Å². The van der Waals surface area contributed by atoms with E-state index in [1.165, 1.54) is 0 Å². The molecule has 1 atom stereocenters. The largest absolute Gasteiger partial charge is 0.374 e. The van der Waals surface area contributed by atoms with Crippen LogP contribution in [0.2, 0.25) is 5.02 Å². The molecule has 0 aliphatic carbocycles. The van der Waals surface area contributed by atoms with E-state index in [0.29, 0.717) is 17.1 Å². The number of benzene rings is 1. The number of nitrogens with zero attached hydrogens (tertiary/aromatic N) is 2. The third-order valence-electron chi connectivity index (χ3n) is 3.26. The molecule has 1 saturated heterocycles. The van der Waals surface area contributed by atoms with Crippen LogP contribution in [0, 0.1) is 0 Å². The maximum Gasteiger partial charge on any atom is 0.253 e. The highest BCUT2D eigenvalue weighted by Gasteiger charge is 2.21. The van der Waals surface area contributed by atoms with Gasteiger partial charge >= 0.3 is 0 Å². The number of hydrogen-bond acceptors (Lipinski definition) is 3. The second-order valence-corrected chi connectivity index (χ2v) is 5.38. The fraction of sp³-hybridized carbons (Fsp3) is 0.500. The summed E-state index contributed by atoms with van der Waals surface area (Å²) in [4.78, 5) is 16.1. The highest BCUT2D eigenvalue weighted by atomic mass is 35.5. The van der Waals surface area contributed by atoms with Gasteiger partial charge in [0.25, 0.3) is 5.91 Å². The molecule has 4 nitrogen and oxygen atoms in total. The quantitative estimate of drug-likeness (QED) is 0.847. The van der Waals surface area contributed by atoms with Crippen molar-refractivity contribution in [3.05, 3.63) is 34.9 Å². The number of morpholine rings is 1. The summed E-state index contributed by atoms with van der Waals surface area (Å²) in [5.74, 6) is -0.00602. The molecule has 0 bridgehead atoms. The zero-order chi connectivity index (χ0) is 13.8. The average molecular weight is 283 g/mol. The first-order valence-corrected chi connectivity index (χ1v) is 6.75. The molecule has 0 aromatic heterocycles. The lowest BCUT2D eigenvalue weighted by Gasteiger charge is -2.32. The van der Waals surface area contributed by atoms with Crippen molar-refractivity contribution >= 4 is 17.5 Å². The topological polar surface area (TPSA) is 32.8 Å². The van der Waals surface area contributed by atoms with Crippen LogP contribution >= 0.6 is 11.6 Å². The average Bonchev–Trinajstić information content (AvgIpc) is 2.39. The molecule has 5 heteroatoms. The van der Waals surface area contributed by atoms with Crippen molar-refractivity contribution < 1.29 is 9.53 Å². The first kappa shape index (κ1) is 14.3. The number of carbonyl (C=O) groups is 1. The van der Waals surface area contributed by atoms with Gasteiger partial charge in [-0.1, -0.05) is 11.6 Å². The van der Waals surface area contributed by atoms with Gasteiger partial charge in [0.1, 0.15) is 0 Å². The lowest BCUT2D eigenvalue weighted by Crippen LogP contribution is -2.46. The molecule has 0 radical (unpaired) electrons. The van der Waals surface area contributed by atoms with Crippen LogP contribution in [-0.2, 0) is 4.74 Å². The van der Waals surface area contributed by atoms with Crippen molar-refractivity contribution in [3.8, 4) is 0 Å². The minimum atomic E-state index is -0.00602. The van der Waals surface area contributed by atoms with Gasteiger partial charge < -0.3 is 14.5 Å². The molecule has 1 aliphatic heterocycles. The number of rotatable bonds is 3. The SMILES string of the molecule is CN1CCOC(CN(C)C(=O)c2ccc(Cl)cc2)C1. The fourth-order valence-electron chi connectivity index (χ4n) is 2.18. The summed E-state index contributed by atoms with van der Waals surface area (Å²) in [5, 5.41) is 0.636. The normalized spacial score (nSPS) is 20.3. The van der Waals surface area contributed by atoms with Crippen molar-refractivity contribution in [1.29, 1.82) is 0 Å². The summed E-state index contributed by atoms with van der Waals surface area (Å²) in [6, 6.07) is 6.95. The van der Waals surface area contributed by atoms with E-state index in [9.17, 15) is 4.79 Å². The zero-order valence-corrected chi connectivity index (χ0v) is 12.1. The molecule has 104 valence electrons. The third-order valence-corrected chi connectivity index (χ3v) is 3.51. The predicted molar refractivity (Wildman–Crippen MR) is 75.6 cm³/mol. The molecule has 1 fully saturated rings. The smallest absolute Gasteiger partial charge is 0.253 e. The van der Waals surface area contributed by atoms with Gasteiger partial charge in [-0.25, -0.2) is 0 Å². The molecular formula is C14H19ClN2O2. The van der Waals surface area contributed by atoms with Gasteiger partial charge in [0, 0.05) is 37.3 Å². The van der Waals surface area contributed by atoms with Gasteiger partial charge in [0.05, 0.1) is 12.7 Å². The Morgan fingerprint density at radius 3 is 2.79 bits per heavy atom. The Hall–Kier alpha value is -1.10. The van der Waals surface area contributed by atoms with E-state index in [1.807, 2.05) is 0 Å². The van der Waals surface area contributed by atoms with Crippen LogP contribution in [0.1, 0.15) is 10.4 Å². The van der Waals surface area contributed by atoms with Crippen LogP contribution in [0.4, 0.5) is 0 Å². The monoisotopic (exact) mass is 282 g/mol. The van der Waals surface area contributed by atoms with Gasteiger partial charge in [-0.3, -0.25) is 4.79 Å². The van der Waals surface area contributed by atoms with Crippen molar-refractivity contribution in [3.63, 3.8) is 0 Å². The highest BCUT2D eigenvalue weighted by molar-refractivity contribution is 6.30. The fourth-order valence-corrected chi connectivity index (χ4v) is 2.30. The predicted octanol–water partition coefficient (Wildman–Crippen LogP) is 1.74. The van der Waals surface area contributed by atoms with E-state index < -0.39 is 0 Å². The Balaban J connectivity index is 1.93. The first-order valence-electron chi connectivity index (χ1n) is 6.37. The summed E-state index contributed by atoms with van der Waals surface area (Å²) in [5.41, 5.74) is 0.649. The molecule has 0 N–H and O–H groups in total. The number of ether oxygens (including phenoxy) is 1. The number of carbonyl (C=O) groups excluding carboxylic acids is 1. The first-order chi connectivity index (χ1) is 9.06. The van der Waals surface area contributed by atoms with Gasteiger partial charge in [0.2, 0.25) is 0 Å². The maximum absolute atomic E-state index is 12.2. The van der Waals surface area contributed by atoms with E-state index in [1.54, 1.807) is 36.2 Å². The minimum absolute atomic E-state index is 0.00602. The lowest BCUT2D eigenvalue weighted by atomic mass is 10.2. The molecule has 0 spiro atoms. The summed E-state index contributed by atoms with van der Waals surface area (Å²) < 4.78 is 5.67. The van der Waals surface area contributed by atoms with Crippen molar-refractivity contribution in [2.45, 2.75) is 6.10 Å². The number of hydrogen-bond donors (Lipinski definition) is 0. The minimum Gasteiger partial charge on any atom is -0.374 e. The van der Waals surface area contributed by atoms with Crippen molar-refractivity contribution in [2.24, 2.45) is 0 Å². The van der Waals surface area contributed by atoms with E-state index in [0.717, 1.165) is 19.7 Å².